The molecule has 9 heteroatoms. The van der Waals surface area contributed by atoms with Crippen LogP contribution in [0.2, 0.25) is 5.02 Å². The highest BCUT2D eigenvalue weighted by Crippen LogP contribution is 2.34. The van der Waals surface area contributed by atoms with Crippen LogP contribution >= 0.6 is 11.6 Å². The van der Waals surface area contributed by atoms with Crippen LogP contribution in [0.4, 0.5) is 5.69 Å². The summed E-state index contributed by atoms with van der Waals surface area (Å²) in [6, 6.07) is 33.6. The van der Waals surface area contributed by atoms with Gasteiger partial charge in [0, 0.05) is 31.2 Å². The van der Waals surface area contributed by atoms with Crippen molar-refractivity contribution in [2.75, 3.05) is 43.6 Å². The molecule has 0 spiro atoms. The molecule has 0 saturated carbocycles. The molecule has 7 nitrogen and oxygen atoms in total. The van der Waals surface area contributed by atoms with E-state index < -0.39 is 10.0 Å². The van der Waals surface area contributed by atoms with Crippen LogP contribution in [0.15, 0.2) is 114 Å². The SMILES string of the molecule is CCOc1ccccc1N(CC(=O)N1CCN(C(c2ccccc2)c2ccccc2)CC1)S(=O)(=O)c1ccc(Cl)cc1. The zero-order chi connectivity index (χ0) is 29.5. The van der Waals surface area contributed by atoms with Crippen molar-refractivity contribution >= 4 is 33.2 Å². The van der Waals surface area contributed by atoms with Crippen LogP contribution in [0.25, 0.3) is 0 Å². The van der Waals surface area contributed by atoms with E-state index in [1.807, 2.05) is 43.3 Å². The molecule has 42 heavy (non-hydrogen) atoms. The number of benzene rings is 4. The lowest BCUT2D eigenvalue weighted by molar-refractivity contribution is -0.131. The molecule has 218 valence electrons. The highest BCUT2D eigenvalue weighted by Gasteiger charge is 2.33. The molecule has 1 amide bonds. The van der Waals surface area contributed by atoms with E-state index in [2.05, 4.69) is 29.2 Å². The minimum absolute atomic E-state index is 0.0457. The van der Waals surface area contributed by atoms with Crippen LogP contribution < -0.4 is 9.04 Å². The van der Waals surface area contributed by atoms with Gasteiger partial charge < -0.3 is 9.64 Å². The fourth-order valence-electron chi connectivity index (χ4n) is 5.31. The van der Waals surface area contributed by atoms with Crippen molar-refractivity contribution < 1.29 is 17.9 Å². The number of anilines is 1. The zero-order valence-corrected chi connectivity index (χ0v) is 25.0. The first-order valence-corrected chi connectivity index (χ1v) is 15.8. The summed E-state index contributed by atoms with van der Waals surface area (Å²) in [6.45, 7) is 4.10. The van der Waals surface area contributed by atoms with Gasteiger partial charge in [0.25, 0.3) is 10.0 Å². The number of para-hydroxylation sites is 2. The van der Waals surface area contributed by atoms with Gasteiger partial charge in [-0.25, -0.2) is 8.42 Å². The number of carbonyl (C=O) groups excluding carboxylic acids is 1. The van der Waals surface area contributed by atoms with Crippen LogP contribution in [0.5, 0.6) is 5.75 Å². The molecule has 1 aliphatic heterocycles. The van der Waals surface area contributed by atoms with Gasteiger partial charge >= 0.3 is 0 Å². The average Bonchev–Trinajstić information content (AvgIpc) is 3.02. The third kappa shape index (κ3) is 6.62. The Morgan fingerprint density at radius 2 is 1.36 bits per heavy atom. The number of hydrogen-bond acceptors (Lipinski definition) is 5. The lowest BCUT2D eigenvalue weighted by atomic mass is 9.96. The Kier molecular flexibility index (Phi) is 9.47. The van der Waals surface area contributed by atoms with Gasteiger partial charge in [-0.2, -0.15) is 0 Å². The second-order valence-electron chi connectivity index (χ2n) is 10.0. The number of hydrogen-bond donors (Lipinski definition) is 0. The molecule has 1 heterocycles. The molecule has 0 atom stereocenters. The van der Waals surface area contributed by atoms with Crippen LogP contribution in [-0.4, -0.2) is 63.5 Å². The lowest BCUT2D eigenvalue weighted by Gasteiger charge is -2.40. The van der Waals surface area contributed by atoms with Crippen LogP contribution in [0.1, 0.15) is 24.1 Å². The van der Waals surface area contributed by atoms with Gasteiger partial charge in [0.1, 0.15) is 12.3 Å². The maximum atomic E-state index is 13.9. The summed E-state index contributed by atoms with van der Waals surface area (Å²) in [4.78, 5) is 17.9. The second kappa shape index (κ2) is 13.4. The highest BCUT2D eigenvalue weighted by molar-refractivity contribution is 7.92. The Morgan fingerprint density at radius 3 is 1.93 bits per heavy atom. The first-order valence-electron chi connectivity index (χ1n) is 14.0. The molecule has 0 aromatic heterocycles. The summed E-state index contributed by atoms with van der Waals surface area (Å²) in [7, 11) is -4.10. The molecule has 4 aromatic carbocycles. The first kappa shape index (κ1) is 29.6. The smallest absolute Gasteiger partial charge is 0.264 e. The minimum atomic E-state index is -4.10. The number of amides is 1. The molecule has 1 aliphatic rings. The Morgan fingerprint density at radius 1 is 0.810 bits per heavy atom. The molecule has 0 bridgehead atoms. The molecule has 4 aromatic rings. The number of ether oxygens (including phenoxy) is 1. The van der Waals surface area contributed by atoms with Gasteiger partial charge in [-0.05, 0) is 54.4 Å². The third-order valence-electron chi connectivity index (χ3n) is 7.38. The molecular formula is C33H34ClN3O4S. The van der Waals surface area contributed by atoms with Crippen molar-refractivity contribution in [3.63, 3.8) is 0 Å². The predicted octanol–water partition coefficient (Wildman–Crippen LogP) is 5.87. The van der Waals surface area contributed by atoms with E-state index in [-0.39, 0.29) is 23.4 Å². The summed E-state index contributed by atoms with van der Waals surface area (Å²) in [5, 5.41) is 0.425. The van der Waals surface area contributed by atoms with Crippen molar-refractivity contribution in [3.05, 3.63) is 125 Å². The monoisotopic (exact) mass is 603 g/mol. The molecular weight excluding hydrogens is 570 g/mol. The molecule has 5 rings (SSSR count). The van der Waals surface area contributed by atoms with Crippen molar-refractivity contribution in [2.45, 2.75) is 17.9 Å². The van der Waals surface area contributed by atoms with Gasteiger partial charge in [0.2, 0.25) is 5.91 Å². The molecule has 0 N–H and O–H groups in total. The molecule has 1 fully saturated rings. The molecule has 0 aliphatic carbocycles. The number of sulfonamides is 1. The fraction of sp³-hybridized carbons (Fsp3) is 0.242. The topological polar surface area (TPSA) is 70.2 Å². The van der Waals surface area contributed by atoms with E-state index in [4.69, 9.17) is 16.3 Å². The van der Waals surface area contributed by atoms with Gasteiger partial charge in [0.05, 0.1) is 23.2 Å². The fourth-order valence-corrected chi connectivity index (χ4v) is 6.86. The van der Waals surface area contributed by atoms with E-state index in [9.17, 15) is 13.2 Å². The molecule has 0 radical (unpaired) electrons. The van der Waals surface area contributed by atoms with Crippen molar-refractivity contribution in [1.82, 2.24) is 9.80 Å². The summed E-state index contributed by atoms with van der Waals surface area (Å²) in [5.41, 5.74) is 2.70. The third-order valence-corrected chi connectivity index (χ3v) is 9.40. The van der Waals surface area contributed by atoms with E-state index >= 15 is 0 Å². The first-order chi connectivity index (χ1) is 20.4. The van der Waals surface area contributed by atoms with Crippen LogP contribution in [-0.2, 0) is 14.8 Å². The van der Waals surface area contributed by atoms with Gasteiger partial charge in [0.15, 0.2) is 0 Å². The number of nitrogens with zero attached hydrogens (tertiary/aromatic N) is 3. The van der Waals surface area contributed by atoms with Gasteiger partial charge in [-0.3, -0.25) is 14.0 Å². The number of rotatable bonds is 10. The Bertz CT molecular complexity index is 1540. The molecule has 0 unspecified atom stereocenters. The highest BCUT2D eigenvalue weighted by atomic mass is 35.5. The van der Waals surface area contributed by atoms with Crippen molar-refractivity contribution in [3.8, 4) is 5.75 Å². The summed E-state index contributed by atoms with van der Waals surface area (Å²) >= 11 is 6.03. The maximum Gasteiger partial charge on any atom is 0.264 e. The summed E-state index contributed by atoms with van der Waals surface area (Å²) in [6.07, 6.45) is 0. The van der Waals surface area contributed by atoms with E-state index in [1.165, 1.54) is 35.4 Å². The van der Waals surface area contributed by atoms with E-state index in [0.717, 1.165) is 4.31 Å². The quantitative estimate of drug-likeness (QED) is 0.227. The standard InChI is InChI=1S/C33H34ClN3O4S/c1-2-41-31-16-10-9-15-30(31)37(42(39,40)29-19-17-28(34)18-20-29)25-32(38)35-21-23-36(24-22-35)33(26-11-5-3-6-12-26)27-13-7-4-8-14-27/h3-20,33H,2,21-25H2,1H3. The van der Waals surface area contributed by atoms with Gasteiger partial charge in [-0.15, -0.1) is 0 Å². The predicted molar refractivity (Wildman–Crippen MR) is 166 cm³/mol. The Labute approximate surface area is 252 Å². The van der Waals surface area contributed by atoms with Gasteiger partial charge in [-0.1, -0.05) is 84.4 Å². The zero-order valence-electron chi connectivity index (χ0n) is 23.5. The number of carbonyl (C=O) groups is 1. The van der Waals surface area contributed by atoms with Crippen LogP contribution in [0.3, 0.4) is 0 Å². The number of piperazine rings is 1. The molecule has 1 saturated heterocycles. The Balaban J connectivity index is 1.38. The summed E-state index contributed by atoms with van der Waals surface area (Å²) in [5.74, 6) is 0.123. The van der Waals surface area contributed by atoms with Crippen LogP contribution in [0, 0.1) is 0 Å². The largest absolute Gasteiger partial charge is 0.492 e. The summed E-state index contributed by atoms with van der Waals surface area (Å²) < 4.78 is 34.8. The average molecular weight is 604 g/mol. The van der Waals surface area contributed by atoms with E-state index in [1.54, 1.807) is 29.2 Å². The normalized spacial score (nSPS) is 14.1. The van der Waals surface area contributed by atoms with Crippen molar-refractivity contribution in [2.24, 2.45) is 0 Å². The van der Waals surface area contributed by atoms with E-state index in [0.29, 0.717) is 49.2 Å². The second-order valence-corrected chi connectivity index (χ2v) is 12.3. The Hall–Kier alpha value is -3.85. The maximum absolute atomic E-state index is 13.9. The lowest BCUT2D eigenvalue weighted by Crippen LogP contribution is -2.52. The minimum Gasteiger partial charge on any atom is -0.492 e. The number of halogens is 1. The van der Waals surface area contributed by atoms with Crippen molar-refractivity contribution in [1.29, 1.82) is 0 Å².